The summed E-state index contributed by atoms with van der Waals surface area (Å²) in [6.45, 7) is 0.396. The van der Waals surface area contributed by atoms with Gasteiger partial charge < -0.3 is 10.2 Å². The maximum atomic E-state index is 13.8. The van der Waals surface area contributed by atoms with Crippen molar-refractivity contribution in [2.24, 2.45) is 0 Å². The van der Waals surface area contributed by atoms with Crippen LogP contribution in [-0.4, -0.2) is 34.6 Å². The zero-order valence-electron chi connectivity index (χ0n) is 21.2. The maximum absolute atomic E-state index is 13.8. The van der Waals surface area contributed by atoms with Crippen molar-refractivity contribution >= 4 is 35.2 Å². The second-order valence-corrected chi connectivity index (χ2v) is 11.1. The first-order chi connectivity index (χ1) is 18.1. The predicted octanol–water partition coefficient (Wildman–Crippen LogP) is 6.66. The van der Waals surface area contributed by atoms with Gasteiger partial charge in [0.2, 0.25) is 11.8 Å². The van der Waals surface area contributed by atoms with E-state index >= 15 is 0 Å². The summed E-state index contributed by atoms with van der Waals surface area (Å²) in [6, 6.07) is 27.2. The van der Waals surface area contributed by atoms with E-state index in [0.717, 1.165) is 42.4 Å². The number of rotatable bonds is 11. The lowest BCUT2D eigenvalue weighted by Gasteiger charge is -2.33. The number of amides is 2. The number of nitrogens with one attached hydrogen (secondary N) is 1. The van der Waals surface area contributed by atoms with Crippen molar-refractivity contribution in [3.05, 3.63) is 107 Å². The van der Waals surface area contributed by atoms with Crippen molar-refractivity contribution < 1.29 is 9.59 Å². The maximum Gasteiger partial charge on any atom is 0.243 e. The summed E-state index contributed by atoms with van der Waals surface area (Å²) in [5, 5.41) is 3.99. The first-order valence-electron chi connectivity index (χ1n) is 13.1. The molecule has 1 aliphatic carbocycles. The molecule has 0 unspecified atom stereocenters. The molecule has 4 rings (SSSR count). The molecule has 4 nitrogen and oxygen atoms in total. The average Bonchev–Trinajstić information content (AvgIpc) is 2.92. The highest BCUT2D eigenvalue weighted by molar-refractivity contribution is 7.99. The largest absolute Gasteiger partial charge is 0.352 e. The minimum absolute atomic E-state index is 0.0318. The van der Waals surface area contributed by atoms with E-state index < -0.39 is 6.04 Å². The van der Waals surface area contributed by atoms with Gasteiger partial charge in [-0.3, -0.25) is 9.59 Å². The van der Waals surface area contributed by atoms with E-state index in [0.29, 0.717) is 29.5 Å². The van der Waals surface area contributed by atoms with E-state index in [1.165, 1.54) is 6.42 Å². The summed E-state index contributed by atoms with van der Waals surface area (Å²) in [4.78, 5) is 29.3. The van der Waals surface area contributed by atoms with Crippen molar-refractivity contribution in [2.75, 3.05) is 5.75 Å². The molecule has 3 aromatic rings. The number of nitrogens with zero attached hydrogens (tertiary/aromatic N) is 1. The number of thioether (sulfide) groups is 1. The standard InChI is InChI=1S/C31H35ClN2O2S/c32-27-16-10-15-26(19-27)22-37-23-30(35)34(21-25-13-6-2-7-14-25)29(20-24-11-4-1-5-12-24)31(36)33-28-17-8-3-9-18-28/h1-2,4-7,10-16,19,28-29H,3,8-9,17-18,20-23H2,(H,33,36)/t29-/m1/s1. The number of carbonyl (C=O) groups excluding carboxylic acids is 2. The van der Waals surface area contributed by atoms with Crippen LogP contribution in [0.5, 0.6) is 0 Å². The minimum atomic E-state index is -0.580. The lowest BCUT2D eigenvalue weighted by atomic mass is 9.94. The third-order valence-electron chi connectivity index (χ3n) is 6.80. The van der Waals surface area contributed by atoms with Crippen molar-refractivity contribution in [1.29, 1.82) is 0 Å². The summed E-state index contributed by atoms with van der Waals surface area (Å²) in [5.74, 6) is 0.889. The molecule has 0 aromatic heterocycles. The van der Waals surface area contributed by atoms with Crippen LogP contribution in [0.3, 0.4) is 0 Å². The molecule has 1 N–H and O–H groups in total. The molecule has 194 valence electrons. The van der Waals surface area contributed by atoms with E-state index in [1.807, 2.05) is 84.9 Å². The van der Waals surface area contributed by atoms with Crippen LogP contribution in [-0.2, 0) is 28.3 Å². The third-order valence-corrected chi connectivity index (χ3v) is 8.03. The third kappa shape index (κ3) is 8.65. The van der Waals surface area contributed by atoms with Crippen LogP contribution < -0.4 is 5.32 Å². The number of benzene rings is 3. The van der Waals surface area contributed by atoms with Gasteiger partial charge in [0.25, 0.3) is 0 Å². The van der Waals surface area contributed by atoms with Gasteiger partial charge in [-0.25, -0.2) is 0 Å². The second-order valence-electron chi connectivity index (χ2n) is 9.68. The van der Waals surface area contributed by atoms with Crippen LogP contribution in [0.1, 0.15) is 48.8 Å². The SMILES string of the molecule is O=C(NC1CCCCC1)[C@@H](Cc1ccccc1)N(Cc1ccccc1)C(=O)CSCc1cccc(Cl)c1. The van der Waals surface area contributed by atoms with Gasteiger partial charge in [-0.2, -0.15) is 0 Å². The molecule has 0 saturated heterocycles. The Bertz CT molecular complexity index is 1140. The molecule has 0 radical (unpaired) electrons. The quantitative estimate of drug-likeness (QED) is 0.299. The molecule has 1 fully saturated rings. The molecular formula is C31H35ClN2O2S. The van der Waals surface area contributed by atoms with Gasteiger partial charge in [-0.15, -0.1) is 11.8 Å². The zero-order valence-corrected chi connectivity index (χ0v) is 22.7. The van der Waals surface area contributed by atoms with E-state index in [4.69, 9.17) is 11.6 Å². The van der Waals surface area contributed by atoms with Gasteiger partial charge in [-0.1, -0.05) is 104 Å². The van der Waals surface area contributed by atoms with Crippen molar-refractivity contribution in [2.45, 2.75) is 62.9 Å². The predicted molar refractivity (Wildman–Crippen MR) is 154 cm³/mol. The fraction of sp³-hybridized carbons (Fsp3) is 0.355. The topological polar surface area (TPSA) is 49.4 Å². The molecule has 2 amide bonds. The van der Waals surface area contributed by atoms with Gasteiger partial charge in [0.15, 0.2) is 0 Å². The second kappa shape index (κ2) is 14.3. The highest BCUT2D eigenvalue weighted by atomic mass is 35.5. The number of hydrogen-bond acceptors (Lipinski definition) is 3. The summed E-state index contributed by atoms with van der Waals surface area (Å²) in [6.07, 6.45) is 6.00. The van der Waals surface area contributed by atoms with Gasteiger partial charge in [0.1, 0.15) is 6.04 Å². The van der Waals surface area contributed by atoms with Crippen LogP contribution in [0.2, 0.25) is 5.02 Å². The van der Waals surface area contributed by atoms with Crippen LogP contribution >= 0.6 is 23.4 Å². The van der Waals surface area contributed by atoms with Gasteiger partial charge in [-0.05, 0) is 41.7 Å². The molecule has 0 spiro atoms. The average molecular weight is 535 g/mol. The van der Waals surface area contributed by atoms with Gasteiger partial charge in [0, 0.05) is 29.8 Å². The number of hydrogen-bond donors (Lipinski definition) is 1. The molecule has 1 atom stereocenters. The Balaban J connectivity index is 1.54. The Kier molecular flexibility index (Phi) is 10.5. The van der Waals surface area contributed by atoms with Gasteiger partial charge >= 0.3 is 0 Å². The minimum Gasteiger partial charge on any atom is -0.352 e. The fourth-order valence-electron chi connectivity index (χ4n) is 4.84. The molecular weight excluding hydrogens is 500 g/mol. The van der Waals surface area contributed by atoms with E-state index in [2.05, 4.69) is 5.32 Å². The Morgan fingerprint density at radius 3 is 2.19 bits per heavy atom. The molecule has 6 heteroatoms. The fourth-order valence-corrected chi connectivity index (χ4v) is 5.91. The van der Waals surface area contributed by atoms with Crippen LogP contribution in [0.15, 0.2) is 84.9 Å². The van der Waals surface area contributed by atoms with Crippen molar-refractivity contribution in [3.63, 3.8) is 0 Å². The molecule has 0 aliphatic heterocycles. The lowest BCUT2D eigenvalue weighted by Crippen LogP contribution is -2.53. The summed E-state index contributed by atoms with van der Waals surface area (Å²) < 4.78 is 0. The lowest BCUT2D eigenvalue weighted by molar-refractivity contribution is -0.139. The molecule has 3 aromatic carbocycles. The number of halogens is 1. The normalized spacial score (nSPS) is 14.6. The molecule has 0 bridgehead atoms. The Morgan fingerprint density at radius 2 is 1.51 bits per heavy atom. The van der Waals surface area contributed by atoms with Gasteiger partial charge in [0.05, 0.1) is 5.75 Å². The highest BCUT2D eigenvalue weighted by Crippen LogP contribution is 2.22. The first kappa shape index (κ1) is 27.3. The molecule has 37 heavy (non-hydrogen) atoms. The van der Waals surface area contributed by atoms with E-state index in [-0.39, 0.29) is 17.9 Å². The zero-order chi connectivity index (χ0) is 25.9. The Morgan fingerprint density at radius 1 is 0.865 bits per heavy atom. The van der Waals surface area contributed by atoms with Crippen LogP contribution in [0.4, 0.5) is 0 Å². The van der Waals surface area contributed by atoms with Crippen LogP contribution in [0.25, 0.3) is 0 Å². The van der Waals surface area contributed by atoms with Crippen LogP contribution in [0, 0.1) is 0 Å². The van der Waals surface area contributed by atoms with E-state index in [9.17, 15) is 9.59 Å². The first-order valence-corrected chi connectivity index (χ1v) is 14.6. The summed E-state index contributed by atoms with van der Waals surface area (Å²) in [5.41, 5.74) is 3.14. The molecule has 0 heterocycles. The van der Waals surface area contributed by atoms with Crippen molar-refractivity contribution in [1.82, 2.24) is 10.2 Å². The molecule has 1 saturated carbocycles. The highest BCUT2D eigenvalue weighted by Gasteiger charge is 2.31. The summed E-state index contributed by atoms with van der Waals surface area (Å²) >= 11 is 7.68. The van der Waals surface area contributed by atoms with Crippen molar-refractivity contribution in [3.8, 4) is 0 Å². The summed E-state index contributed by atoms with van der Waals surface area (Å²) in [7, 11) is 0. The Hall–Kier alpha value is -2.76. The molecule has 1 aliphatic rings. The van der Waals surface area contributed by atoms with E-state index in [1.54, 1.807) is 16.7 Å². The smallest absolute Gasteiger partial charge is 0.243 e. The Labute approximate surface area is 229 Å². The monoisotopic (exact) mass is 534 g/mol. The number of carbonyl (C=O) groups is 2.